The Kier molecular flexibility index (Phi) is 6.35. The molecule has 0 aliphatic heterocycles. The van der Waals surface area contributed by atoms with Crippen LogP contribution >= 0.6 is 11.6 Å². The molecule has 0 bridgehead atoms. The monoisotopic (exact) mass is 368 g/mol. The van der Waals surface area contributed by atoms with Crippen LogP contribution in [-0.4, -0.2) is 23.5 Å². The first-order chi connectivity index (χ1) is 10.8. The zero-order valence-electron chi connectivity index (χ0n) is 13.4. The second kappa shape index (κ2) is 7.48. The second-order valence-electron chi connectivity index (χ2n) is 6.52. The van der Waals surface area contributed by atoms with Crippen LogP contribution in [0.15, 0.2) is 18.2 Å². The molecule has 24 heavy (non-hydrogen) atoms. The highest BCUT2D eigenvalue weighted by atomic mass is 35.5. The minimum Gasteiger partial charge on any atom is -0.442 e. The number of aliphatic hydroxyl groups is 1. The van der Waals surface area contributed by atoms with Gasteiger partial charge in [-0.1, -0.05) is 32.4 Å². The van der Waals surface area contributed by atoms with Crippen molar-refractivity contribution in [2.75, 3.05) is 5.32 Å². The Morgan fingerprint density at radius 3 is 2.42 bits per heavy atom. The highest BCUT2D eigenvalue weighted by Gasteiger charge is 2.34. The van der Waals surface area contributed by atoms with E-state index in [0.29, 0.717) is 0 Å². The van der Waals surface area contributed by atoms with Crippen molar-refractivity contribution in [2.24, 2.45) is 11.1 Å². The Hall–Kier alpha value is -1.67. The number of amides is 1. The highest BCUT2D eigenvalue weighted by Crippen LogP contribution is 2.36. The van der Waals surface area contributed by atoms with Crippen molar-refractivity contribution in [3.63, 3.8) is 0 Å². The fourth-order valence-corrected chi connectivity index (χ4v) is 2.29. The molecule has 1 aromatic carbocycles. The van der Waals surface area contributed by atoms with E-state index in [9.17, 15) is 23.1 Å². The van der Waals surface area contributed by atoms with E-state index >= 15 is 0 Å². The van der Waals surface area contributed by atoms with Gasteiger partial charge in [-0.05, 0) is 30.0 Å². The zero-order chi connectivity index (χ0) is 18.7. The molecule has 0 fully saturated rings. The van der Waals surface area contributed by atoms with Gasteiger partial charge in [0, 0.05) is 5.69 Å². The molecule has 1 amide bonds. The summed E-state index contributed by atoms with van der Waals surface area (Å²) in [6, 6.07) is 3.11. The maximum Gasteiger partial charge on any atom is 0.417 e. The molecule has 0 aliphatic carbocycles. The second-order valence-corrected chi connectivity index (χ2v) is 6.93. The molecule has 1 aromatic rings. The molecule has 4 N–H and O–H groups in total. The van der Waals surface area contributed by atoms with Gasteiger partial charge in [0.15, 0.2) is 6.23 Å². The normalized spacial score (nSPS) is 14.8. The average molecular weight is 369 g/mol. The number of hydrogen-bond acceptors (Lipinski definition) is 4. The molecular formula is C15H20ClF3N2O3. The average Bonchev–Trinajstić information content (AvgIpc) is 2.36. The number of carbonyl (C=O) groups is 1. The summed E-state index contributed by atoms with van der Waals surface area (Å²) in [5, 5.41) is 12.2. The van der Waals surface area contributed by atoms with Crippen LogP contribution in [0.3, 0.4) is 0 Å². The summed E-state index contributed by atoms with van der Waals surface area (Å²) in [7, 11) is 0. The summed E-state index contributed by atoms with van der Waals surface area (Å²) in [6.45, 7) is 5.55. The highest BCUT2D eigenvalue weighted by molar-refractivity contribution is 6.31. The van der Waals surface area contributed by atoms with Crippen molar-refractivity contribution in [2.45, 2.75) is 45.7 Å². The Balaban J connectivity index is 2.98. The van der Waals surface area contributed by atoms with Crippen LogP contribution < -0.4 is 11.1 Å². The molecule has 1 rings (SSSR count). The number of benzene rings is 1. The summed E-state index contributed by atoms with van der Waals surface area (Å²) in [4.78, 5) is 11.0. The van der Waals surface area contributed by atoms with Crippen LogP contribution in [0.25, 0.3) is 0 Å². The zero-order valence-corrected chi connectivity index (χ0v) is 14.2. The van der Waals surface area contributed by atoms with E-state index in [1.54, 1.807) is 0 Å². The lowest BCUT2D eigenvalue weighted by atomic mass is 9.88. The maximum absolute atomic E-state index is 12.9. The molecule has 5 nitrogen and oxygen atoms in total. The molecule has 0 aromatic heterocycles. The van der Waals surface area contributed by atoms with E-state index in [1.807, 2.05) is 20.8 Å². The van der Waals surface area contributed by atoms with Crippen LogP contribution in [-0.2, 0) is 10.9 Å². The number of rotatable bonds is 5. The minimum absolute atomic E-state index is 0.0220. The van der Waals surface area contributed by atoms with E-state index < -0.39 is 35.2 Å². The molecule has 2 atom stereocenters. The molecule has 0 spiro atoms. The van der Waals surface area contributed by atoms with E-state index in [-0.39, 0.29) is 17.5 Å². The van der Waals surface area contributed by atoms with Gasteiger partial charge in [0.05, 0.1) is 10.6 Å². The van der Waals surface area contributed by atoms with E-state index in [4.69, 9.17) is 22.1 Å². The number of alkyl halides is 3. The van der Waals surface area contributed by atoms with Gasteiger partial charge in [-0.25, -0.2) is 4.79 Å². The van der Waals surface area contributed by atoms with Crippen LogP contribution in [0.1, 0.15) is 32.8 Å². The third-order valence-corrected chi connectivity index (χ3v) is 3.35. The number of carbonyl (C=O) groups excluding carboxylic acids is 1. The number of halogens is 4. The van der Waals surface area contributed by atoms with E-state index in [2.05, 4.69) is 5.32 Å². The molecule has 0 saturated carbocycles. The minimum atomic E-state index is -4.63. The molecular weight excluding hydrogens is 349 g/mol. The number of hydrogen-bond donors (Lipinski definition) is 3. The van der Waals surface area contributed by atoms with Crippen LogP contribution in [0.5, 0.6) is 0 Å². The third kappa shape index (κ3) is 6.45. The van der Waals surface area contributed by atoms with E-state index in [0.717, 1.165) is 12.1 Å². The first kappa shape index (κ1) is 20.4. The summed E-state index contributed by atoms with van der Waals surface area (Å²) < 4.78 is 43.4. The SMILES string of the molecule is CC(C)(C)CC(OC(N)=O)[C@H](O)Nc1ccc(Cl)c(C(F)(F)F)c1. The van der Waals surface area contributed by atoms with Crippen molar-refractivity contribution < 1.29 is 27.8 Å². The van der Waals surface area contributed by atoms with Crippen molar-refractivity contribution >= 4 is 23.4 Å². The predicted molar refractivity (Wildman–Crippen MR) is 84.6 cm³/mol. The number of ether oxygens (including phenoxy) is 1. The first-order valence-corrected chi connectivity index (χ1v) is 7.45. The Bertz CT molecular complexity index is 588. The molecule has 0 radical (unpaired) electrons. The lowest BCUT2D eigenvalue weighted by molar-refractivity contribution is -0.137. The lowest BCUT2D eigenvalue weighted by Gasteiger charge is -2.29. The van der Waals surface area contributed by atoms with Gasteiger partial charge in [-0.15, -0.1) is 0 Å². The molecule has 0 saturated heterocycles. The third-order valence-electron chi connectivity index (χ3n) is 3.02. The van der Waals surface area contributed by atoms with E-state index in [1.165, 1.54) is 6.07 Å². The van der Waals surface area contributed by atoms with Crippen LogP contribution in [0.2, 0.25) is 5.02 Å². The van der Waals surface area contributed by atoms with Gasteiger partial charge in [-0.2, -0.15) is 13.2 Å². The molecule has 0 heterocycles. The number of nitrogens with two attached hydrogens (primary N) is 1. The van der Waals surface area contributed by atoms with Crippen molar-refractivity contribution in [3.8, 4) is 0 Å². The molecule has 0 aliphatic rings. The summed E-state index contributed by atoms with van der Waals surface area (Å²) in [5.41, 5.74) is 3.60. The van der Waals surface area contributed by atoms with Gasteiger partial charge in [0.2, 0.25) is 0 Å². The molecule has 9 heteroatoms. The van der Waals surface area contributed by atoms with Crippen molar-refractivity contribution in [3.05, 3.63) is 28.8 Å². The fourth-order valence-electron chi connectivity index (χ4n) is 2.07. The van der Waals surface area contributed by atoms with Gasteiger partial charge in [-0.3, -0.25) is 0 Å². The Morgan fingerprint density at radius 1 is 1.38 bits per heavy atom. The largest absolute Gasteiger partial charge is 0.442 e. The van der Waals surface area contributed by atoms with Gasteiger partial charge >= 0.3 is 12.3 Å². The number of anilines is 1. The number of primary amides is 1. The Labute approximate surface area is 142 Å². The van der Waals surface area contributed by atoms with Gasteiger partial charge < -0.3 is 20.9 Å². The van der Waals surface area contributed by atoms with Crippen LogP contribution in [0.4, 0.5) is 23.7 Å². The van der Waals surface area contributed by atoms with Gasteiger partial charge in [0.1, 0.15) is 6.10 Å². The summed E-state index contributed by atoms with van der Waals surface area (Å²) >= 11 is 5.54. The number of nitrogens with one attached hydrogen (secondary N) is 1. The molecule has 136 valence electrons. The topological polar surface area (TPSA) is 84.6 Å². The number of aliphatic hydroxyl groups excluding tert-OH is 1. The Morgan fingerprint density at radius 2 is 1.96 bits per heavy atom. The summed E-state index contributed by atoms with van der Waals surface area (Å²) in [5.74, 6) is 0. The van der Waals surface area contributed by atoms with Crippen molar-refractivity contribution in [1.29, 1.82) is 0 Å². The smallest absolute Gasteiger partial charge is 0.417 e. The van der Waals surface area contributed by atoms with Crippen molar-refractivity contribution in [1.82, 2.24) is 0 Å². The maximum atomic E-state index is 12.9. The predicted octanol–water partition coefficient (Wildman–Crippen LogP) is 3.99. The lowest BCUT2D eigenvalue weighted by Crippen LogP contribution is -2.40. The summed E-state index contributed by atoms with van der Waals surface area (Å²) in [6.07, 6.45) is -7.96. The quantitative estimate of drug-likeness (QED) is 0.686. The molecule has 1 unspecified atom stereocenters. The first-order valence-electron chi connectivity index (χ1n) is 7.07. The van der Waals surface area contributed by atoms with Crippen LogP contribution in [0, 0.1) is 5.41 Å². The van der Waals surface area contributed by atoms with Gasteiger partial charge in [0.25, 0.3) is 0 Å². The standard InChI is InChI=1S/C15H20ClF3N2O3/c1-14(2,3)7-11(24-13(20)23)12(22)21-8-4-5-10(16)9(6-8)15(17,18)19/h4-6,11-12,21-22H,7H2,1-3H3,(H2,20,23)/t11?,12-/m0/s1. The fraction of sp³-hybridized carbons (Fsp3) is 0.533.